The summed E-state index contributed by atoms with van der Waals surface area (Å²) in [4.78, 5) is 41.7. The minimum Gasteiger partial charge on any atom is -0.349 e. The third-order valence-electron chi connectivity index (χ3n) is 5.16. The third-order valence-corrected chi connectivity index (χ3v) is 6.32. The van der Waals surface area contributed by atoms with Crippen LogP contribution in [0, 0.1) is 5.82 Å². The monoisotopic (exact) mass is 417 g/mol. The topological polar surface area (TPSA) is 90.9 Å². The van der Waals surface area contributed by atoms with Gasteiger partial charge in [0, 0.05) is 37.7 Å². The first kappa shape index (κ1) is 19.4. The summed E-state index contributed by atoms with van der Waals surface area (Å²) in [5.74, 6) is 0.271. The molecule has 0 bridgehead atoms. The highest BCUT2D eigenvalue weighted by Crippen LogP contribution is 2.37. The predicted octanol–water partition coefficient (Wildman–Crippen LogP) is 1.32. The van der Waals surface area contributed by atoms with Crippen LogP contribution in [0.3, 0.4) is 0 Å². The SMILES string of the molecule is Cn1c(=O)c2c(ncn2CCC(=O)NC2CCSc3c(F)cccc32)n(C)c1=O. The summed E-state index contributed by atoms with van der Waals surface area (Å²) in [6.45, 7) is 0.243. The number of carbonyl (C=O) groups is 1. The van der Waals surface area contributed by atoms with Crippen molar-refractivity contribution in [2.24, 2.45) is 14.1 Å². The zero-order chi connectivity index (χ0) is 20.7. The standard InChI is InChI=1S/C19H20FN5O3S/c1-23-17-15(18(27)24(2)19(23)28)25(10-21-17)8-6-14(26)22-13-7-9-29-16-11(13)4-3-5-12(16)20/h3-5,10,13H,6-9H2,1-2H3,(H,22,26). The van der Waals surface area contributed by atoms with E-state index in [9.17, 15) is 18.8 Å². The molecule has 3 aromatic rings. The molecule has 0 radical (unpaired) electrons. The number of amides is 1. The number of fused-ring (bicyclic) bond motifs is 2. The smallest absolute Gasteiger partial charge is 0.332 e. The minimum atomic E-state index is -0.452. The number of imidazole rings is 1. The van der Waals surface area contributed by atoms with Crippen molar-refractivity contribution in [2.45, 2.75) is 30.3 Å². The van der Waals surface area contributed by atoms with Crippen LogP contribution in [0.5, 0.6) is 0 Å². The Morgan fingerprint density at radius 1 is 1.31 bits per heavy atom. The molecule has 1 unspecified atom stereocenters. The molecule has 1 N–H and O–H groups in total. The molecule has 0 saturated heterocycles. The van der Waals surface area contributed by atoms with E-state index in [1.165, 1.54) is 35.8 Å². The van der Waals surface area contributed by atoms with Crippen LogP contribution < -0.4 is 16.6 Å². The van der Waals surface area contributed by atoms with Crippen LogP contribution in [0.4, 0.5) is 4.39 Å². The van der Waals surface area contributed by atoms with E-state index in [2.05, 4.69) is 10.3 Å². The maximum atomic E-state index is 14.0. The number of aromatic nitrogens is 4. The van der Waals surface area contributed by atoms with Crippen molar-refractivity contribution < 1.29 is 9.18 Å². The van der Waals surface area contributed by atoms with Crippen LogP contribution in [0.15, 0.2) is 39.0 Å². The largest absolute Gasteiger partial charge is 0.349 e. The Labute approximate surface area is 169 Å². The van der Waals surface area contributed by atoms with Gasteiger partial charge in [-0.15, -0.1) is 11.8 Å². The van der Waals surface area contributed by atoms with Gasteiger partial charge in [0.15, 0.2) is 11.2 Å². The number of nitrogens with one attached hydrogen (secondary N) is 1. The van der Waals surface area contributed by atoms with Gasteiger partial charge >= 0.3 is 5.69 Å². The summed E-state index contributed by atoms with van der Waals surface area (Å²) in [5, 5.41) is 2.97. The van der Waals surface area contributed by atoms with E-state index in [1.807, 2.05) is 6.07 Å². The summed E-state index contributed by atoms with van der Waals surface area (Å²) in [6.07, 6.45) is 2.32. The van der Waals surface area contributed by atoms with Crippen molar-refractivity contribution in [2.75, 3.05) is 5.75 Å². The van der Waals surface area contributed by atoms with Crippen molar-refractivity contribution in [3.05, 3.63) is 56.7 Å². The summed E-state index contributed by atoms with van der Waals surface area (Å²) in [7, 11) is 2.96. The fourth-order valence-electron chi connectivity index (χ4n) is 3.59. The average Bonchev–Trinajstić information content (AvgIpc) is 3.14. The Hall–Kier alpha value is -2.88. The molecule has 0 saturated carbocycles. The predicted molar refractivity (Wildman–Crippen MR) is 107 cm³/mol. The molecular weight excluding hydrogens is 397 g/mol. The number of carbonyl (C=O) groups excluding carboxylic acids is 1. The van der Waals surface area contributed by atoms with Gasteiger partial charge in [-0.25, -0.2) is 14.2 Å². The summed E-state index contributed by atoms with van der Waals surface area (Å²) >= 11 is 1.46. The maximum absolute atomic E-state index is 14.0. The Balaban J connectivity index is 1.51. The molecule has 0 fully saturated rings. The van der Waals surface area contributed by atoms with Crippen LogP contribution >= 0.6 is 11.8 Å². The van der Waals surface area contributed by atoms with Crippen LogP contribution in [0.1, 0.15) is 24.4 Å². The molecule has 1 aliphatic rings. The van der Waals surface area contributed by atoms with E-state index in [0.29, 0.717) is 4.90 Å². The second kappa shape index (κ2) is 7.51. The van der Waals surface area contributed by atoms with Crippen molar-refractivity contribution >= 4 is 28.8 Å². The number of hydrogen-bond acceptors (Lipinski definition) is 5. The lowest BCUT2D eigenvalue weighted by Crippen LogP contribution is -2.37. The Morgan fingerprint density at radius 2 is 2.10 bits per heavy atom. The van der Waals surface area contributed by atoms with Crippen LogP contribution in [-0.4, -0.2) is 30.3 Å². The van der Waals surface area contributed by atoms with Gasteiger partial charge in [-0.3, -0.25) is 18.7 Å². The van der Waals surface area contributed by atoms with E-state index in [1.54, 1.807) is 17.7 Å². The number of halogens is 1. The van der Waals surface area contributed by atoms with Crippen LogP contribution in [0.25, 0.3) is 11.2 Å². The number of rotatable bonds is 4. The van der Waals surface area contributed by atoms with Crippen LogP contribution in [-0.2, 0) is 25.4 Å². The van der Waals surface area contributed by atoms with Gasteiger partial charge in [0.25, 0.3) is 5.56 Å². The number of benzene rings is 1. The fraction of sp³-hybridized carbons (Fsp3) is 0.368. The van der Waals surface area contributed by atoms with Crippen molar-refractivity contribution in [3.8, 4) is 0 Å². The van der Waals surface area contributed by atoms with Crippen LogP contribution in [0.2, 0.25) is 0 Å². The third kappa shape index (κ3) is 3.37. The molecule has 0 aliphatic carbocycles. The summed E-state index contributed by atoms with van der Waals surface area (Å²) in [6, 6.07) is 4.68. The Kier molecular flexibility index (Phi) is 5.03. The molecule has 1 amide bonds. The van der Waals surface area contributed by atoms with E-state index in [0.717, 1.165) is 22.3 Å². The second-order valence-corrected chi connectivity index (χ2v) is 8.09. The zero-order valence-electron chi connectivity index (χ0n) is 16.0. The lowest BCUT2D eigenvalue weighted by Gasteiger charge is -2.26. The van der Waals surface area contributed by atoms with Gasteiger partial charge in [-0.05, 0) is 18.1 Å². The number of nitrogens with zero attached hydrogens (tertiary/aromatic N) is 4. The zero-order valence-corrected chi connectivity index (χ0v) is 16.8. The molecule has 10 heteroatoms. The number of aryl methyl sites for hydroxylation is 2. The highest BCUT2D eigenvalue weighted by Gasteiger charge is 2.24. The van der Waals surface area contributed by atoms with Crippen molar-refractivity contribution in [1.82, 2.24) is 24.0 Å². The second-order valence-electron chi connectivity index (χ2n) is 6.98. The quantitative estimate of drug-likeness (QED) is 0.691. The molecule has 0 spiro atoms. The first-order valence-electron chi connectivity index (χ1n) is 9.20. The Bertz CT molecular complexity index is 1230. The van der Waals surface area contributed by atoms with Crippen molar-refractivity contribution in [1.29, 1.82) is 0 Å². The van der Waals surface area contributed by atoms with Gasteiger partial charge in [-0.2, -0.15) is 0 Å². The molecule has 29 heavy (non-hydrogen) atoms. The average molecular weight is 417 g/mol. The van der Waals surface area contributed by atoms with Gasteiger partial charge in [0.2, 0.25) is 5.91 Å². The van der Waals surface area contributed by atoms with Gasteiger partial charge < -0.3 is 9.88 Å². The first-order valence-corrected chi connectivity index (χ1v) is 10.2. The molecule has 152 valence electrons. The molecule has 1 atom stereocenters. The van der Waals surface area contributed by atoms with Gasteiger partial charge in [0.1, 0.15) is 5.82 Å². The lowest BCUT2D eigenvalue weighted by atomic mass is 10.0. The lowest BCUT2D eigenvalue weighted by molar-refractivity contribution is -0.122. The van der Waals surface area contributed by atoms with E-state index in [-0.39, 0.29) is 41.9 Å². The Morgan fingerprint density at radius 3 is 2.90 bits per heavy atom. The summed E-state index contributed by atoms with van der Waals surface area (Å²) < 4.78 is 17.9. The van der Waals surface area contributed by atoms with Gasteiger partial charge in [-0.1, -0.05) is 12.1 Å². The first-order chi connectivity index (χ1) is 13.9. The highest BCUT2D eigenvalue weighted by molar-refractivity contribution is 7.99. The van der Waals surface area contributed by atoms with E-state index >= 15 is 0 Å². The van der Waals surface area contributed by atoms with Crippen molar-refractivity contribution in [3.63, 3.8) is 0 Å². The normalized spacial score (nSPS) is 16.0. The highest BCUT2D eigenvalue weighted by atomic mass is 32.2. The molecule has 1 aromatic carbocycles. The molecule has 4 rings (SSSR count). The minimum absolute atomic E-state index is 0.131. The van der Waals surface area contributed by atoms with E-state index < -0.39 is 11.2 Å². The van der Waals surface area contributed by atoms with E-state index in [4.69, 9.17) is 0 Å². The molecule has 8 nitrogen and oxygen atoms in total. The molecule has 1 aliphatic heterocycles. The molecule has 3 heterocycles. The molecular formula is C19H20FN5O3S. The fourth-order valence-corrected chi connectivity index (χ4v) is 4.73. The summed E-state index contributed by atoms with van der Waals surface area (Å²) in [5.41, 5.74) is 0.462. The number of hydrogen-bond donors (Lipinski definition) is 1. The maximum Gasteiger partial charge on any atom is 0.332 e. The van der Waals surface area contributed by atoms with Gasteiger partial charge in [0.05, 0.1) is 12.4 Å². The molecule has 2 aromatic heterocycles. The number of thioether (sulfide) groups is 1.